The van der Waals surface area contributed by atoms with Crippen LogP contribution in [-0.4, -0.2) is 41.4 Å². The number of amides is 4. The summed E-state index contributed by atoms with van der Waals surface area (Å²) in [4.78, 5) is 37.7. The van der Waals surface area contributed by atoms with E-state index in [0.717, 1.165) is 24.2 Å². The lowest BCUT2D eigenvalue weighted by Crippen LogP contribution is -2.50. The maximum atomic E-state index is 12.6. The van der Waals surface area contributed by atoms with Gasteiger partial charge in [0.2, 0.25) is 5.91 Å². The lowest BCUT2D eigenvalue weighted by molar-refractivity contribution is -0.136. The lowest BCUT2D eigenvalue weighted by atomic mass is 9.75. The van der Waals surface area contributed by atoms with Crippen LogP contribution in [0.15, 0.2) is 0 Å². The van der Waals surface area contributed by atoms with Crippen LogP contribution in [0.1, 0.15) is 52.9 Å². The predicted octanol–water partition coefficient (Wildman–Crippen LogP) is 1.65. The Morgan fingerprint density at radius 1 is 1.36 bits per heavy atom. The fourth-order valence-electron chi connectivity index (χ4n) is 3.25. The lowest BCUT2D eigenvalue weighted by Gasteiger charge is -2.34. The second-order valence-corrected chi connectivity index (χ2v) is 6.95. The molecule has 0 atom stereocenters. The van der Waals surface area contributed by atoms with E-state index in [9.17, 15) is 14.4 Å². The molecule has 0 aromatic heterocycles. The molecule has 2 fully saturated rings. The average molecular weight is 309 g/mol. The minimum atomic E-state index is -0.763. The van der Waals surface area contributed by atoms with E-state index < -0.39 is 11.6 Å². The Hall–Kier alpha value is -1.59. The van der Waals surface area contributed by atoms with E-state index in [0.29, 0.717) is 31.2 Å². The predicted molar refractivity (Wildman–Crippen MR) is 83.1 cm³/mol. The summed E-state index contributed by atoms with van der Waals surface area (Å²) in [6.07, 6.45) is 4.38. The molecule has 1 aliphatic carbocycles. The molecular formula is C16H27N3O3. The molecule has 2 N–H and O–H groups in total. The molecule has 6 heteroatoms. The maximum absolute atomic E-state index is 12.6. The van der Waals surface area contributed by atoms with Crippen LogP contribution in [0.3, 0.4) is 0 Å². The van der Waals surface area contributed by atoms with Crippen molar-refractivity contribution in [2.45, 2.75) is 58.4 Å². The van der Waals surface area contributed by atoms with Crippen LogP contribution >= 0.6 is 0 Å². The van der Waals surface area contributed by atoms with Crippen LogP contribution < -0.4 is 10.6 Å². The Balaban J connectivity index is 1.96. The van der Waals surface area contributed by atoms with Crippen LogP contribution in [0.25, 0.3) is 0 Å². The van der Waals surface area contributed by atoms with Gasteiger partial charge in [-0.15, -0.1) is 0 Å². The molecule has 2 aliphatic rings. The van der Waals surface area contributed by atoms with Gasteiger partial charge in [-0.05, 0) is 37.5 Å². The van der Waals surface area contributed by atoms with Crippen LogP contribution in [0.5, 0.6) is 0 Å². The summed E-state index contributed by atoms with van der Waals surface area (Å²) < 4.78 is 0. The van der Waals surface area contributed by atoms with Crippen molar-refractivity contribution in [3.8, 4) is 0 Å². The van der Waals surface area contributed by atoms with Crippen molar-refractivity contribution in [2.24, 2.45) is 11.8 Å². The van der Waals surface area contributed by atoms with Gasteiger partial charge in [-0.3, -0.25) is 14.5 Å². The van der Waals surface area contributed by atoms with Gasteiger partial charge in [0.1, 0.15) is 12.1 Å². The topological polar surface area (TPSA) is 78.5 Å². The van der Waals surface area contributed by atoms with E-state index in [2.05, 4.69) is 17.6 Å². The van der Waals surface area contributed by atoms with Crippen molar-refractivity contribution in [3.05, 3.63) is 0 Å². The van der Waals surface area contributed by atoms with E-state index in [1.165, 1.54) is 0 Å². The molecular weight excluding hydrogens is 282 g/mol. The molecule has 0 aromatic carbocycles. The minimum absolute atomic E-state index is 0.184. The Labute approximate surface area is 132 Å². The summed E-state index contributed by atoms with van der Waals surface area (Å²) in [5.74, 6) is 0.463. The molecule has 2 rings (SSSR count). The number of nitrogens with one attached hydrogen (secondary N) is 2. The first-order chi connectivity index (χ1) is 10.4. The zero-order valence-corrected chi connectivity index (χ0v) is 13.8. The number of nitrogens with zero attached hydrogens (tertiary/aromatic N) is 1. The molecule has 1 heterocycles. The van der Waals surface area contributed by atoms with Gasteiger partial charge in [0, 0.05) is 6.54 Å². The normalized spacial score (nSPS) is 28.4. The summed E-state index contributed by atoms with van der Waals surface area (Å²) in [6, 6.07) is -0.431. The third-order valence-corrected chi connectivity index (χ3v) is 4.79. The van der Waals surface area contributed by atoms with Crippen LogP contribution in [-0.2, 0) is 9.59 Å². The highest BCUT2D eigenvalue weighted by atomic mass is 16.2. The second-order valence-electron chi connectivity index (χ2n) is 6.95. The highest BCUT2D eigenvalue weighted by Gasteiger charge is 2.52. The molecule has 4 amide bonds. The molecule has 0 radical (unpaired) electrons. The molecule has 1 saturated carbocycles. The van der Waals surface area contributed by atoms with Gasteiger partial charge >= 0.3 is 6.03 Å². The van der Waals surface area contributed by atoms with Crippen molar-refractivity contribution < 1.29 is 14.4 Å². The number of carbonyl (C=O) groups is 3. The van der Waals surface area contributed by atoms with Crippen molar-refractivity contribution >= 4 is 17.8 Å². The van der Waals surface area contributed by atoms with E-state index in [4.69, 9.17) is 0 Å². The van der Waals surface area contributed by atoms with Crippen LogP contribution in [0.4, 0.5) is 4.79 Å². The first kappa shape index (κ1) is 16.8. The fraction of sp³-hybridized carbons (Fsp3) is 0.812. The van der Waals surface area contributed by atoms with Gasteiger partial charge in [0.15, 0.2) is 0 Å². The summed E-state index contributed by atoms with van der Waals surface area (Å²) in [5, 5.41) is 5.59. The van der Waals surface area contributed by atoms with Gasteiger partial charge in [-0.25, -0.2) is 4.79 Å². The van der Waals surface area contributed by atoms with Gasteiger partial charge in [0.05, 0.1) is 0 Å². The number of rotatable bonds is 5. The van der Waals surface area contributed by atoms with Crippen molar-refractivity contribution in [3.63, 3.8) is 0 Å². The summed E-state index contributed by atoms with van der Waals surface area (Å²) in [5.41, 5.74) is -0.763. The molecule has 22 heavy (non-hydrogen) atoms. The summed E-state index contributed by atoms with van der Waals surface area (Å²) in [6.45, 7) is 6.51. The molecule has 124 valence electrons. The van der Waals surface area contributed by atoms with E-state index in [1.807, 2.05) is 13.8 Å². The monoisotopic (exact) mass is 309 g/mol. The first-order valence-corrected chi connectivity index (χ1v) is 8.28. The van der Waals surface area contributed by atoms with E-state index in [1.54, 1.807) is 0 Å². The number of hydrogen-bond donors (Lipinski definition) is 2. The van der Waals surface area contributed by atoms with Gasteiger partial charge < -0.3 is 10.6 Å². The molecule has 0 aromatic rings. The molecule has 1 aliphatic heterocycles. The fourth-order valence-corrected chi connectivity index (χ4v) is 3.25. The summed E-state index contributed by atoms with van der Waals surface area (Å²) in [7, 11) is 0. The third kappa shape index (κ3) is 3.42. The second kappa shape index (κ2) is 6.67. The number of imide groups is 1. The van der Waals surface area contributed by atoms with Crippen molar-refractivity contribution in [2.75, 3.05) is 13.1 Å². The quantitative estimate of drug-likeness (QED) is 0.758. The van der Waals surface area contributed by atoms with Gasteiger partial charge in [-0.2, -0.15) is 0 Å². The third-order valence-electron chi connectivity index (χ3n) is 4.79. The maximum Gasteiger partial charge on any atom is 0.325 e. The minimum Gasteiger partial charge on any atom is -0.354 e. The number of hydrogen-bond acceptors (Lipinski definition) is 3. The molecule has 6 nitrogen and oxygen atoms in total. The highest BCUT2D eigenvalue weighted by molar-refractivity contribution is 6.09. The number of carbonyl (C=O) groups excluding carboxylic acids is 3. The Kier molecular flexibility index (Phi) is 5.08. The van der Waals surface area contributed by atoms with Crippen molar-refractivity contribution in [1.82, 2.24) is 15.5 Å². The largest absolute Gasteiger partial charge is 0.354 e. The van der Waals surface area contributed by atoms with Crippen molar-refractivity contribution in [1.29, 1.82) is 0 Å². The molecule has 0 bridgehead atoms. The van der Waals surface area contributed by atoms with Gasteiger partial charge in [0.25, 0.3) is 5.91 Å². The Morgan fingerprint density at radius 3 is 2.55 bits per heavy atom. The summed E-state index contributed by atoms with van der Waals surface area (Å²) >= 11 is 0. The zero-order chi connectivity index (χ0) is 16.3. The molecule has 1 spiro atoms. The first-order valence-electron chi connectivity index (χ1n) is 8.28. The van der Waals surface area contributed by atoms with Crippen LogP contribution in [0.2, 0.25) is 0 Å². The zero-order valence-electron chi connectivity index (χ0n) is 13.8. The SMILES string of the molecule is CCC1CCC2(CC1)NC(=O)N(CC(=O)NCC(C)C)C2=O. The van der Waals surface area contributed by atoms with E-state index in [-0.39, 0.29) is 18.4 Å². The molecule has 1 saturated heterocycles. The molecule has 0 unspecified atom stereocenters. The average Bonchev–Trinajstić information content (AvgIpc) is 2.70. The van der Waals surface area contributed by atoms with Crippen LogP contribution in [0, 0.1) is 11.8 Å². The number of urea groups is 1. The Morgan fingerprint density at radius 2 is 2.00 bits per heavy atom. The highest BCUT2D eigenvalue weighted by Crippen LogP contribution is 2.37. The smallest absolute Gasteiger partial charge is 0.325 e. The Bertz CT molecular complexity index is 454. The standard InChI is InChI=1S/C16H27N3O3/c1-4-12-5-7-16(8-6-12)14(21)19(15(22)18-16)10-13(20)17-9-11(2)3/h11-12H,4-10H2,1-3H3,(H,17,20)(H,18,22). The van der Waals surface area contributed by atoms with E-state index >= 15 is 0 Å². The van der Waals surface area contributed by atoms with Gasteiger partial charge in [-0.1, -0.05) is 27.2 Å².